The molecule has 140 valence electrons. The third-order valence-corrected chi connectivity index (χ3v) is 5.58. The summed E-state index contributed by atoms with van der Waals surface area (Å²) in [6.45, 7) is 2.79. The molecule has 0 aromatic carbocycles. The van der Waals surface area contributed by atoms with E-state index in [-0.39, 0.29) is 10.8 Å². The van der Waals surface area contributed by atoms with Crippen molar-refractivity contribution < 1.29 is 17.9 Å². The number of aryl methyl sites for hydroxylation is 1. The molecule has 9 nitrogen and oxygen atoms in total. The summed E-state index contributed by atoms with van der Waals surface area (Å²) in [4.78, 5) is 18.3. The highest BCUT2D eigenvalue weighted by Crippen LogP contribution is 2.21. The lowest BCUT2D eigenvalue weighted by atomic mass is 10.1. The molecular weight excluding hydrogens is 358 g/mol. The third kappa shape index (κ3) is 3.70. The van der Waals surface area contributed by atoms with Crippen molar-refractivity contribution in [3.63, 3.8) is 0 Å². The number of ether oxygens (including phenoxy) is 1. The van der Waals surface area contributed by atoms with Gasteiger partial charge in [-0.1, -0.05) is 0 Å². The fraction of sp³-hybridized carbons (Fsp3) is 0.438. The van der Waals surface area contributed by atoms with Crippen molar-refractivity contribution in [2.75, 3.05) is 18.1 Å². The van der Waals surface area contributed by atoms with Crippen LogP contribution in [0.3, 0.4) is 0 Å². The lowest BCUT2D eigenvalue weighted by Crippen LogP contribution is -2.52. The van der Waals surface area contributed by atoms with E-state index in [4.69, 9.17) is 4.74 Å². The van der Waals surface area contributed by atoms with Crippen molar-refractivity contribution in [2.45, 2.75) is 30.7 Å². The molecule has 0 aliphatic carbocycles. The van der Waals surface area contributed by atoms with Crippen LogP contribution in [0.2, 0.25) is 0 Å². The number of hydrogen-bond acceptors (Lipinski definition) is 6. The highest BCUT2D eigenvalue weighted by atomic mass is 32.2. The fourth-order valence-electron chi connectivity index (χ4n) is 2.86. The maximum Gasteiger partial charge on any atom is 0.246 e. The molecule has 0 bridgehead atoms. The van der Waals surface area contributed by atoms with Gasteiger partial charge in [0, 0.05) is 25.7 Å². The maximum absolute atomic E-state index is 12.7. The SMILES string of the molecule is CCOc1ccc(S(=O)(=O)NC2CCCN(c3ccnn3C)C2=O)cn1. The van der Waals surface area contributed by atoms with Crippen LogP contribution in [0.5, 0.6) is 5.88 Å². The first kappa shape index (κ1) is 18.3. The summed E-state index contributed by atoms with van der Waals surface area (Å²) in [6.07, 6.45) is 3.95. The van der Waals surface area contributed by atoms with Crippen LogP contribution in [0.4, 0.5) is 5.82 Å². The van der Waals surface area contributed by atoms with Crippen molar-refractivity contribution in [3.05, 3.63) is 30.6 Å². The molecule has 2 aromatic rings. The Bertz CT molecular complexity index is 878. The van der Waals surface area contributed by atoms with E-state index in [1.165, 1.54) is 18.3 Å². The number of hydrogen-bond donors (Lipinski definition) is 1. The van der Waals surface area contributed by atoms with E-state index in [0.29, 0.717) is 37.7 Å². The zero-order chi connectivity index (χ0) is 18.7. The molecule has 1 unspecified atom stereocenters. The molecular formula is C16H21N5O4S. The Balaban J connectivity index is 1.76. The van der Waals surface area contributed by atoms with Gasteiger partial charge in [0.25, 0.3) is 0 Å². The highest BCUT2D eigenvalue weighted by molar-refractivity contribution is 7.89. The Hall–Kier alpha value is -2.46. The summed E-state index contributed by atoms with van der Waals surface area (Å²) in [5, 5.41) is 4.06. The monoisotopic (exact) mass is 379 g/mol. The number of carbonyl (C=O) groups excluding carboxylic acids is 1. The normalized spacial score (nSPS) is 18.2. The zero-order valence-electron chi connectivity index (χ0n) is 14.6. The third-order valence-electron chi connectivity index (χ3n) is 4.12. The van der Waals surface area contributed by atoms with Gasteiger partial charge in [-0.3, -0.25) is 14.4 Å². The van der Waals surface area contributed by atoms with Crippen molar-refractivity contribution >= 4 is 21.7 Å². The van der Waals surface area contributed by atoms with Crippen LogP contribution in [-0.4, -0.2) is 48.3 Å². The number of aromatic nitrogens is 3. The Labute approximate surface area is 152 Å². The number of piperidine rings is 1. The first-order valence-corrected chi connectivity index (χ1v) is 9.81. The Morgan fingerprint density at radius 2 is 2.15 bits per heavy atom. The molecule has 1 aliphatic heterocycles. The van der Waals surface area contributed by atoms with E-state index < -0.39 is 16.1 Å². The smallest absolute Gasteiger partial charge is 0.246 e. The lowest BCUT2D eigenvalue weighted by molar-refractivity contribution is -0.121. The second kappa shape index (κ2) is 7.42. The lowest BCUT2D eigenvalue weighted by Gasteiger charge is -2.32. The highest BCUT2D eigenvalue weighted by Gasteiger charge is 2.34. The quantitative estimate of drug-likeness (QED) is 0.791. The molecule has 0 spiro atoms. The summed E-state index contributed by atoms with van der Waals surface area (Å²) >= 11 is 0. The van der Waals surface area contributed by atoms with Crippen LogP contribution in [0.15, 0.2) is 35.5 Å². The van der Waals surface area contributed by atoms with Gasteiger partial charge in [-0.05, 0) is 25.8 Å². The first-order chi connectivity index (χ1) is 12.4. The Kier molecular flexibility index (Phi) is 5.23. The van der Waals surface area contributed by atoms with E-state index in [0.717, 1.165) is 0 Å². The van der Waals surface area contributed by atoms with Gasteiger partial charge in [-0.15, -0.1) is 0 Å². The Morgan fingerprint density at radius 1 is 1.35 bits per heavy atom. The summed E-state index contributed by atoms with van der Waals surface area (Å²) < 4.78 is 34.5. The molecule has 10 heteroatoms. The predicted octanol–water partition coefficient (Wildman–Crippen LogP) is 0.688. The number of rotatable bonds is 6. The molecule has 3 heterocycles. The molecule has 1 N–H and O–H groups in total. The van der Waals surface area contributed by atoms with Gasteiger partial charge in [0.05, 0.1) is 19.0 Å². The van der Waals surface area contributed by atoms with Gasteiger partial charge < -0.3 is 4.74 Å². The minimum atomic E-state index is -3.86. The molecule has 1 fully saturated rings. The Morgan fingerprint density at radius 3 is 2.77 bits per heavy atom. The summed E-state index contributed by atoms with van der Waals surface area (Å²) in [6, 6.07) is 3.80. The van der Waals surface area contributed by atoms with Crippen LogP contribution in [0.1, 0.15) is 19.8 Å². The van der Waals surface area contributed by atoms with Gasteiger partial charge in [-0.2, -0.15) is 9.82 Å². The van der Waals surface area contributed by atoms with E-state index in [1.54, 1.807) is 28.9 Å². The number of anilines is 1. The van der Waals surface area contributed by atoms with Crippen molar-refractivity contribution in [3.8, 4) is 5.88 Å². The number of pyridine rings is 1. The second-order valence-electron chi connectivity index (χ2n) is 5.88. The number of nitrogens with one attached hydrogen (secondary N) is 1. The number of amides is 1. The minimum Gasteiger partial charge on any atom is -0.478 e. The molecule has 1 aliphatic rings. The standard InChI is InChI=1S/C16H21N5O4S/c1-3-25-14-7-6-12(11-17-14)26(23,24)19-13-5-4-10-21(16(13)22)15-8-9-18-20(15)2/h6-9,11,13,19H,3-5,10H2,1-2H3. The maximum atomic E-state index is 12.7. The zero-order valence-corrected chi connectivity index (χ0v) is 15.4. The van der Waals surface area contributed by atoms with Crippen molar-refractivity contribution in [1.29, 1.82) is 0 Å². The topological polar surface area (TPSA) is 106 Å². The summed E-state index contributed by atoms with van der Waals surface area (Å²) in [7, 11) is -2.13. The van der Waals surface area contributed by atoms with Gasteiger partial charge >= 0.3 is 0 Å². The molecule has 1 saturated heterocycles. The van der Waals surface area contributed by atoms with Crippen LogP contribution in [-0.2, 0) is 21.9 Å². The van der Waals surface area contributed by atoms with Gasteiger partial charge in [0.15, 0.2) is 0 Å². The van der Waals surface area contributed by atoms with E-state index in [2.05, 4.69) is 14.8 Å². The van der Waals surface area contributed by atoms with E-state index >= 15 is 0 Å². The average molecular weight is 379 g/mol. The van der Waals surface area contributed by atoms with Crippen LogP contribution in [0.25, 0.3) is 0 Å². The molecule has 26 heavy (non-hydrogen) atoms. The second-order valence-corrected chi connectivity index (χ2v) is 7.60. The fourth-order valence-corrected chi connectivity index (χ4v) is 4.03. The average Bonchev–Trinajstić information content (AvgIpc) is 3.03. The molecule has 0 radical (unpaired) electrons. The number of carbonyl (C=O) groups is 1. The van der Waals surface area contributed by atoms with E-state index in [9.17, 15) is 13.2 Å². The largest absolute Gasteiger partial charge is 0.478 e. The number of nitrogens with zero attached hydrogens (tertiary/aromatic N) is 4. The molecule has 1 amide bonds. The van der Waals surface area contributed by atoms with Crippen LogP contribution < -0.4 is 14.4 Å². The van der Waals surface area contributed by atoms with Crippen molar-refractivity contribution in [1.82, 2.24) is 19.5 Å². The van der Waals surface area contributed by atoms with Crippen LogP contribution in [0, 0.1) is 0 Å². The van der Waals surface area contributed by atoms with Gasteiger partial charge in [0.1, 0.15) is 16.8 Å². The van der Waals surface area contributed by atoms with Gasteiger partial charge in [0.2, 0.25) is 21.8 Å². The molecule has 3 rings (SSSR count). The molecule has 0 saturated carbocycles. The van der Waals surface area contributed by atoms with Crippen molar-refractivity contribution in [2.24, 2.45) is 7.05 Å². The molecule has 2 aromatic heterocycles. The molecule has 1 atom stereocenters. The minimum absolute atomic E-state index is 0.00795. The van der Waals surface area contributed by atoms with Gasteiger partial charge in [-0.25, -0.2) is 13.4 Å². The summed E-state index contributed by atoms with van der Waals surface area (Å²) in [5.74, 6) is 0.700. The first-order valence-electron chi connectivity index (χ1n) is 8.33. The van der Waals surface area contributed by atoms with Crippen LogP contribution >= 0.6 is 0 Å². The number of sulfonamides is 1. The van der Waals surface area contributed by atoms with E-state index in [1.807, 2.05) is 6.92 Å². The predicted molar refractivity (Wildman–Crippen MR) is 94.3 cm³/mol. The summed E-state index contributed by atoms with van der Waals surface area (Å²) in [5.41, 5.74) is 0.